The van der Waals surface area contributed by atoms with Gasteiger partial charge in [0.2, 0.25) is 11.9 Å². The first-order chi connectivity index (χ1) is 14.6. The van der Waals surface area contributed by atoms with Crippen LogP contribution in [0.2, 0.25) is 0 Å². The fourth-order valence-electron chi connectivity index (χ4n) is 3.19. The molecular formula is C18H24N8O4. The molecule has 12 nitrogen and oxygen atoms in total. The molecule has 30 heavy (non-hydrogen) atoms. The molecule has 2 aromatic heterocycles. The number of nitrogens with zero attached hydrogens (tertiary/aromatic N) is 5. The summed E-state index contributed by atoms with van der Waals surface area (Å²) >= 11 is 0. The van der Waals surface area contributed by atoms with Crippen LogP contribution in [0.25, 0.3) is 11.3 Å². The summed E-state index contributed by atoms with van der Waals surface area (Å²) in [5.41, 5.74) is 13.3. The van der Waals surface area contributed by atoms with Crippen molar-refractivity contribution >= 4 is 23.8 Å². The standard InChI is InChI=1S/C18H24N8O4/c19-15-13(9-21-16(20)25-15)14-7-11(8-22-18(27)30-12-1-4-29-10-12)23-17(24-14)26-2-5-28-6-3-26/h7,9,12H,1-6,8,10H2,(H,22,27)(H4,19,20,21,25). The molecule has 2 aromatic rings. The minimum absolute atomic E-state index is 0.0826. The summed E-state index contributed by atoms with van der Waals surface area (Å²) in [5, 5.41) is 2.73. The Morgan fingerprint density at radius 3 is 2.77 bits per heavy atom. The average molecular weight is 416 g/mol. The van der Waals surface area contributed by atoms with Crippen LogP contribution in [0.4, 0.5) is 22.5 Å². The molecule has 0 saturated carbocycles. The lowest BCUT2D eigenvalue weighted by Crippen LogP contribution is -2.37. The van der Waals surface area contributed by atoms with Gasteiger partial charge in [-0.25, -0.2) is 19.7 Å². The van der Waals surface area contributed by atoms with Gasteiger partial charge in [0, 0.05) is 25.7 Å². The van der Waals surface area contributed by atoms with E-state index in [-0.39, 0.29) is 24.4 Å². The molecule has 4 heterocycles. The Morgan fingerprint density at radius 2 is 2.03 bits per heavy atom. The molecule has 1 amide bonds. The number of nitrogens with two attached hydrogens (primary N) is 2. The van der Waals surface area contributed by atoms with Crippen molar-refractivity contribution in [3.63, 3.8) is 0 Å². The minimum atomic E-state index is -0.520. The third kappa shape index (κ3) is 4.83. The van der Waals surface area contributed by atoms with Crippen molar-refractivity contribution in [1.82, 2.24) is 25.3 Å². The summed E-state index contributed by atoms with van der Waals surface area (Å²) in [6.07, 6.45) is 1.48. The highest BCUT2D eigenvalue weighted by molar-refractivity contribution is 5.72. The van der Waals surface area contributed by atoms with Crippen LogP contribution in [-0.4, -0.2) is 71.7 Å². The van der Waals surface area contributed by atoms with Crippen LogP contribution in [0.1, 0.15) is 12.1 Å². The molecule has 2 aliphatic heterocycles. The number of carbonyl (C=O) groups excluding carboxylic acids is 1. The molecule has 12 heteroatoms. The zero-order chi connectivity index (χ0) is 20.9. The van der Waals surface area contributed by atoms with E-state index >= 15 is 0 Å². The number of carbonyl (C=O) groups is 1. The zero-order valence-electron chi connectivity index (χ0n) is 16.4. The molecule has 0 bridgehead atoms. The van der Waals surface area contributed by atoms with E-state index in [9.17, 15) is 4.79 Å². The molecule has 0 radical (unpaired) electrons. The number of morpholine rings is 1. The van der Waals surface area contributed by atoms with E-state index in [0.29, 0.717) is 68.8 Å². The van der Waals surface area contributed by atoms with Gasteiger partial charge in [0.1, 0.15) is 11.9 Å². The Hall–Kier alpha value is -3.25. The number of anilines is 3. The monoisotopic (exact) mass is 416 g/mol. The Labute approximate surface area is 172 Å². The van der Waals surface area contributed by atoms with Gasteiger partial charge in [-0.15, -0.1) is 0 Å². The number of alkyl carbamates (subject to hydrolysis) is 1. The van der Waals surface area contributed by atoms with Crippen LogP contribution < -0.4 is 21.7 Å². The summed E-state index contributed by atoms with van der Waals surface area (Å²) in [7, 11) is 0. The maximum atomic E-state index is 12.1. The summed E-state index contributed by atoms with van der Waals surface area (Å²) in [6.45, 7) is 3.68. The van der Waals surface area contributed by atoms with Crippen molar-refractivity contribution in [3.05, 3.63) is 18.0 Å². The molecular weight excluding hydrogens is 392 g/mol. The van der Waals surface area contributed by atoms with E-state index in [4.69, 9.17) is 25.7 Å². The van der Waals surface area contributed by atoms with Crippen molar-refractivity contribution in [1.29, 1.82) is 0 Å². The van der Waals surface area contributed by atoms with Crippen LogP contribution in [0.15, 0.2) is 12.3 Å². The second-order valence-corrected chi connectivity index (χ2v) is 6.92. The van der Waals surface area contributed by atoms with Gasteiger partial charge in [-0.3, -0.25) is 0 Å². The Morgan fingerprint density at radius 1 is 1.20 bits per heavy atom. The van der Waals surface area contributed by atoms with Gasteiger partial charge in [-0.05, 0) is 6.07 Å². The predicted molar refractivity (Wildman–Crippen MR) is 107 cm³/mol. The Balaban J connectivity index is 1.55. The zero-order valence-corrected chi connectivity index (χ0v) is 16.4. The van der Waals surface area contributed by atoms with E-state index in [2.05, 4.69) is 25.3 Å². The van der Waals surface area contributed by atoms with Crippen molar-refractivity contribution in [3.8, 4) is 11.3 Å². The number of nitrogen functional groups attached to an aromatic ring is 2. The third-order valence-corrected chi connectivity index (χ3v) is 4.75. The van der Waals surface area contributed by atoms with Crippen molar-refractivity contribution in [2.45, 2.75) is 19.1 Å². The summed E-state index contributed by atoms with van der Waals surface area (Å²) in [4.78, 5) is 31.3. The lowest BCUT2D eigenvalue weighted by Gasteiger charge is -2.27. The van der Waals surface area contributed by atoms with Gasteiger partial charge >= 0.3 is 6.09 Å². The van der Waals surface area contributed by atoms with E-state index in [1.807, 2.05) is 4.90 Å². The average Bonchev–Trinajstić information content (AvgIpc) is 3.26. The highest BCUT2D eigenvalue weighted by atomic mass is 16.6. The lowest BCUT2D eigenvalue weighted by atomic mass is 10.2. The normalized spacial score (nSPS) is 18.9. The van der Waals surface area contributed by atoms with Crippen LogP contribution in [0.3, 0.4) is 0 Å². The molecule has 160 valence electrons. The molecule has 1 atom stereocenters. The quantitative estimate of drug-likeness (QED) is 0.598. The molecule has 0 aliphatic carbocycles. The maximum absolute atomic E-state index is 12.1. The fourth-order valence-corrected chi connectivity index (χ4v) is 3.19. The highest BCUT2D eigenvalue weighted by Gasteiger charge is 2.21. The van der Waals surface area contributed by atoms with E-state index < -0.39 is 6.09 Å². The van der Waals surface area contributed by atoms with Crippen LogP contribution in [0, 0.1) is 0 Å². The summed E-state index contributed by atoms with van der Waals surface area (Å²) < 4.78 is 15.9. The largest absolute Gasteiger partial charge is 0.444 e. The third-order valence-electron chi connectivity index (χ3n) is 4.75. The van der Waals surface area contributed by atoms with Gasteiger partial charge in [0.05, 0.1) is 49.9 Å². The predicted octanol–water partition coefficient (Wildman–Crippen LogP) is -0.0503. The van der Waals surface area contributed by atoms with Crippen molar-refractivity contribution in [2.24, 2.45) is 0 Å². The van der Waals surface area contributed by atoms with Crippen molar-refractivity contribution < 1.29 is 19.0 Å². The topological polar surface area (TPSA) is 164 Å². The molecule has 0 aromatic carbocycles. The van der Waals surface area contributed by atoms with Gasteiger partial charge < -0.3 is 35.9 Å². The second-order valence-electron chi connectivity index (χ2n) is 6.92. The first kappa shape index (κ1) is 20.0. The molecule has 2 aliphatic rings. The van der Waals surface area contributed by atoms with Gasteiger partial charge in [0.15, 0.2) is 0 Å². The first-order valence-corrected chi connectivity index (χ1v) is 9.70. The second kappa shape index (κ2) is 9.05. The van der Waals surface area contributed by atoms with E-state index in [0.717, 1.165) is 0 Å². The Bertz CT molecular complexity index is 900. The number of hydrogen-bond donors (Lipinski definition) is 3. The number of rotatable bonds is 5. The summed E-state index contributed by atoms with van der Waals surface area (Å²) in [5.74, 6) is 0.814. The molecule has 2 fully saturated rings. The molecule has 4 rings (SSSR count). The van der Waals surface area contributed by atoms with Crippen molar-refractivity contribution in [2.75, 3.05) is 55.9 Å². The number of aromatic nitrogens is 4. The summed E-state index contributed by atoms with van der Waals surface area (Å²) in [6, 6.07) is 1.73. The lowest BCUT2D eigenvalue weighted by molar-refractivity contribution is 0.0827. The van der Waals surface area contributed by atoms with Crippen LogP contribution in [-0.2, 0) is 20.8 Å². The van der Waals surface area contributed by atoms with Gasteiger partial charge in [-0.1, -0.05) is 0 Å². The fraction of sp³-hybridized carbons (Fsp3) is 0.500. The smallest absolute Gasteiger partial charge is 0.407 e. The van der Waals surface area contributed by atoms with Gasteiger partial charge in [0.25, 0.3) is 0 Å². The van der Waals surface area contributed by atoms with E-state index in [1.165, 1.54) is 6.20 Å². The number of amides is 1. The first-order valence-electron chi connectivity index (χ1n) is 9.70. The van der Waals surface area contributed by atoms with Crippen LogP contribution >= 0.6 is 0 Å². The SMILES string of the molecule is Nc1ncc(-c2cc(CNC(=O)OC3CCOC3)nc(N3CCOCC3)n2)c(N)n1. The molecule has 1 unspecified atom stereocenters. The molecule has 0 spiro atoms. The molecule has 5 N–H and O–H groups in total. The van der Waals surface area contributed by atoms with Gasteiger partial charge in [-0.2, -0.15) is 4.98 Å². The minimum Gasteiger partial charge on any atom is -0.444 e. The molecule has 2 saturated heterocycles. The number of ether oxygens (including phenoxy) is 3. The van der Waals surface area contributed by atoms with Crippen LogP contribution in [0.5, 0.6) is 0 Å². The van der Waals surface area contributed by atoms with E-state index in [1.54, 1.807) is 6.07 Å². The number of nitrogens with one attached hydrogen (secondary N) is 1. The Kier molecular flexibility index (Phi) is 6.05. The highest BCUT2D eigenvalue weighted by Crippen LogP contribution is 2.25. The maximum Gasteiger partial charge on any atom is 0.407 e. The number of hydrogen-bond acceptors (Lipinski definition) is 11.